The number of benzene rings is 1. The summed E-state index contributed by atoms with van der Waals surface area (Å²) in [6.07, 6.45) is 0. The lowest BCUT2D eigenvalue weighted by Crippen LogP contribution is -2.14. The quantitative estimate of drug-likeness (QED) is 0.566. The molecule has 78 valence electrons. The molecule has 1 aromatic rings. The molecule has 1 rings (SSSR count). The first-order valence-electron chi connectivity index (χ1n) is 3.78. The van der Waals surface area contributed by atoms with Crippen molar-refractivity contribution in [3.05, 3.63) is 34.4 Å². The van der Waals surface area contributed by atoms with E-state index in [4.69, 9.17) is 11.5 Å². The van der Waals surface area contributed by atoms with Gasteiger partial charge in [-0.2, -0.15) is 0 Å². The van der Waals surface area contributed by atoms with Gasteiger partial charge >= 0.3 is 0 Å². The zero-order valence-electron chi connectivity index (χ0n) is 7.08. The number of hydrogen-bond acceptors (Lipinski definition) is 2. The van der Waals surface area contributed by atoms with Gasteiger partial charge in [-0.25, -0.2) is 17.6 Å². The van der Waals surface area contributed by atoms with Crippen LogP contribution in [0.1, 0.15) is 11.1 Å². The van der Waals surface area contributed by atoms with Crippen molar-refractivity contribution in [3.8, 4) is 0 Å². The molecule has 1 aromatic carbocycles. The Labute approximate surface area is 77.5 Å². The zero-order valence-corrected chi connectivity index (χ0v) is 7.08. The minimum atomic E-state index is -1.48. The highest BCUT2D eigenvalue weighted by molar-refractivity contribution is 5.29. The normalized spacial score (nSPS) is 10.7. The summed E-state index contributed by atoms with van der Waals surface area (Å²) < 4.78 is 51.9. The maximum atomic E-state index is 13.0. The molecule has 0 fully saturated rings. The SMILES string of the molecule is NCc1c(F)c(F)c(CN)c(F)c1F. The van der Waals surface area contributed by atoms with Crippen LogP contribution in [0.3, 0.4) is 0 Å². The molecule has 0 spiro atoms. The van der Waals surface area contributed by atoms with Crippen molar-refractivity contribution in [2.75, 3.05) is 0 Å². The molecule has 0 radical (unpaired) electrons. The summed E-state index contributed by atoms with van der Waals surface area (Å²) in [5, 5.41) is 0. The highest BCUT2D eigenvalue weighted by Gasteiger charge is 2.23. The third-order valence-electron chi connectivity index (χ3n) is 1.85. The lowest BCUT2D eigenvalue weighted by Gasteiger charge is -2.08. The van der Waals surface area contributed by atoms with Gasteiger partial charge in [0.05, 0.1) is 0 Å². The van der Waals surface area contributed by atoms with Gasteiger partial charge in [0, 0.05) is 24.2 Å². The Kier molecular flexibility index (Phi) is 3.07. The van der Waals surface area contributed by atoms with Gasteiger partial charge in [0.1, 0.15) is 0 Å². The molecule has 0 saturated carbocycles. The van der Waals surface area contributed by atoms with Gasteiger partial charge in [0.2, 0.25) is 0 Å². The average Bonchev–Trinajstić information content (AvgIpc) is 2.17. The molecule has 0 heterocycles. The van der Waals surface area contributed by atoms with Crippen molar-refractivity contribution in [1.82, 2.24) is 0 Å². The predicted molar refractivity (Wildman–Crippen MR) is 42.1 cm³/mol. The number of nitrogens with two attached hydrogens (primary N) is 2. The zero-order chi connectivity index (χ0) is 10.9. The molecule has 0 aliphatic carbocycles. The van der Waals surface area contributed by atoms with Gasteiger partial charge in [0.25, 0.3) is 0 Å². The van der Waals surface area contributed by atoms with E-state index in [-0.39, 0.29) is 0 Å². The van der Waals surface area contributed by atoms with Crippen LogP contribution >= 0.6 is 0 Å². The standard InChI is InChI=1S/C8H8F4N2/c9-5-3(1-13)6(10)8(12)4(2-14)7(5)11/h1-2,13-14H2. The third kappa shape index (κ3) is 1.46. The van der Waals surface area contributed by atoms with E-state index in [2.05, 4.69) is 0 Å². The highest BCUT2D eigenvalue weighted by atomic mass is 19.2. The first-order chi connectivity index (χ1) is 6.54. The second kappa shape index (κ2) is 3.93. The Morgan fingerprint density at radius 2 is 0.857 bits per heavy atom. The molecule has 0 bridgehead atoms. The topological polar surface area (TPSA) is 52.0 Å². The van der Waals surface area contributed by atoms with Gasteiger partial charge in [-0.15, -0.1) is 0 Å². The Bertz CT molecular complexity index is 301. The van der Waals surface area contributed by atoms with Crippen LogP contribution in [0.5, 0.6) is 0 Å². The van der Waals surface area contributed by atoms with Crippen LogP contribution in [0.25, 0.3) is 0 Å². The first-order valence-corrected chi connectivity index (χ1v) is 3.78. The van der Waals surface area contributed by atoms with E-state index in [9.17, 15) is 17.6 Å². The molecular formula is C8H8F4N2. The molecular weight excluding hydrogens is 200 g/mol. The van der Waals surface area contributed by atoms with Gasteiger partial charge in [-0.1, -0.05) is 0 Å². The van der Waals surface area contributed by atoms with E-state index in [1.165, 1.54) is 0 Å². The predicted octanol–water partition coefficient (Wildman–Crippen LogP) is 1.16. The van der Waals surface area contributed by atoms with E-state index in [0.29, 0.717) is 0 Å². The van der Waals surface area contributed by atoms with Gasteiger partial charge in [-0.3, -0.25) is 0 Å². The summed E-state index contributed by atoms with van der Waals surface area (Å²) in [4.78, 5) is 0. The van der Waals surface area contributed by atoms with Crippen molar-refractivity contribution < 1.29 is 17.6 Å². The molecule has 0 aromatic heterocycles. The summed E-state index contributed by atoms with van der Waals surface area (Å²) >= 11 is 0. The first kappa shape index (κ1) is 10.9. The molecule has 0 amide bonds. The molecule has 0 aliphatic heterocycles. The fourth-order valence-electron chi connectivity index (χ4n) is 1.08. The van der Waals surface area contributed by atoms with Crippen LogP contribution in [0, 0.1) is 23.3 Å². The second-order valence-corrected chi connectivity index (χ2v) is 2.62. The summed E-state index contributed by atoms with van der Waals surface area (Å²) in [5.41, 5.74) is 8.26. The van der Waals surface area contributed by atoms with Gasteiger partial charge < -0.3 is 11.5 Å². The molecule has 14 heavy (non-hydrogen) atoms. The maximum Gasteiger partial charge on any atom is 0.166 e. The van der Waals surface area contributed by atoms with Crippen molar-refractivity contribution in [1.29, 1.82) is 0 Å². The number of rotatable bonds is 2. The van der Waals surface area contributed by atoms with E-state index >= 15 is 0 Å². The monoisotopic (exact) mass is 208 g/mol. The van der Waals surface area contributed by atoms with E-state index < -0.39 is 47.5 Å². The molecule has 4 N–H and O–H groups in total. The Morgan fingerprint density at radius 3 is 1.00 bits per heavy atom. The molecule has 0 unspecified atom stereocenters. The van der Waals surface area contributed by atoms with Crippen LogP contribution < -0.4 is 11.5 Å². The minimum absolute atomic E-state index is 0.615. The largest absolute Gasteiger partial charge is 0.326 e. The fourth-order valence-corrected chi connectivity index (χ4v) is 1.08. The lowest BCUT2D eigenvalue weighted by atomic mass is 10.1. The number of hydrogen-bond donors (Lipinski definition) is 2. The average molecular weight is 208 g/mol. The van der Waals surface area contributed by atoms with Crippen LogP contribution in [-0.4, -0.2) is 0 Å². The van der Waals surface area contributed by atoms with Crippen LogP contribution in [0.2, 0.25) is 0 Å². The molecule has 6 heteroatoms. The minimum Gasteiger partial charge on any atom is -0.326 e. The molecule has 0 atom stereocenters. The van der Waals surface area contributed by atoms with Crippen LogP contribution in [-0.2, 0) is 13.1 Å². The van der Waals surface area contributed by atoms with Crippen molar-refractivity contribution in [3.63, 3.8) is 0 Å². The summed E-state index contributed by atoms with van der Waals surface area (Å²) in [5.74, 6) is -5.92. The molecule has 2 nitrogen and oxygen atoms in total. The van der Waals surface area contributed by atoms with E-state index in [1.54, 1.807) is 0 Å². The Balaban J connectivity index is 3.55. The van der Waals surface area contributed by atoms with Gasteiger partial charge in [0.15, 0.2) is 23.3 Å². The Morgan fingerprint density at radius 1 is 0.643 bits per heavy atom. The molecule has 0 saturated heterocycles. The van der Waals surface area contributed by atoms with Crippen molar-refractivity contribution in [2.24, 2.45) is 11.5 Å². The van der Waals surface area contributed by atoms with Gasteiger partial charge in [-0.05, 0) is 0 Å². The van der Waals surface area contributed by atoms with E-state index in [1.807, 2.05) is 0 Å². The van der Waals surface area contributed by atoms with Crippen LogP contribution in [0.4, 0.5) is 17.6 Å². The highest BCUT2D eigenvalue weighted by Crippen LogP contribution is 2.23. The smallest absolute Gasteiger partial charge is 0.166 e. The van der Waals surface area contributed by atoms with Crippen molar-refractivity contribution >= 4 is 0 Å². The summed E-state index contributed by atoms with van der Waals surface area (Å²) in [6, 6.07) is 0. The number of halogens is 4. The Hall–Kier alpha value is -1.14. The fraction of sp³-hybridized carbons (Fsp3) is 0.250. The maximum absolute atomic E-state index is 13.0. The summed E-state index contributed by atoms with van der Waals surface area (Å²) in [6.45, 7) is -1.23. The second-order valence-electron chi connectivity index (χ2n) is 2.62. The third-order valence-corrected chi connectivity index (χ3v) is 1.85. The summed E-state index contributed by atoms with van der Waals surface area (Å²) in [7, 11) is 0. The van der Waals surface area contributed by atoms with Crippen molar-refractivity contribution in [2.45, 2.75) is 13.1 Å². The van der Waals surface area contributed by atoms with Crippen LogP contribution in [0.15, 0.2) is 0 Å². The lowest BCUT2D eigenvalue weighted by molar-refractivity contribution is 0.426. The van der Waals surface area contributed by atoms with E-state index in [0.717, 1.165) is 0 Å². The molecule has 0 aliphatic rings.